The van der Waals surface area contributed by atoms with Gasteiger partial charge in [-0.1, -0.05) is 13.8 Å². The van der Waals surface area contributed by atoms with Gasteiger partial charge in [0.25, 0.3) is 0 Å². The maximum atomic E-state index is 12.0. The molecule has 0 unspecified atom stereocenters. The van der Waals surface area contributed by atoms with Crippen LogP contribution in [0.15, 0.2) is 29.2 Å². The molecule has 0 aliphatic carbocycles. The van der Waals surface area contributed by atoms with Crippen LogP contribution >= 0.6 is 0 Å². The van der Waals surface area contributed by atoms with E-state index in [0.717, 1.165) is 6.29 Å². The lowest BCUT2D eigenvalue weighted by atomic mass is 9.93. The molecule has 0 saturated carbocycles. The van der Waals surface area contributed by atoms with Crippen molar-refractivity contribution in [3.05, 3.63) is 24.3 Å². The predicted molar refractivity (Wildman–Crippen MR) is 64.6 cm³/mol. The van der Waals surface area contributed by atoms with Crippen molar-refractivity contribution in [3.8, 4) is 5.75 Å². The molecule has 1 aromatic rings. The van der Waals surface area contributed by atoms with E-state index < -0.39 is 15.3 Å². The standard InChI is InChI=1S/C12H16O4S/c1-12(2,7-8-13)9-17(15,16)11-5-3-10(14)4-6-11/h3-6,8,14H,7,9H2,1-2H3. The first kappa shape index (κ1) is 13.7. The van der Waals surface area contributed by atoms with Gasteiger partial charge in [0.1, 0.15) is 12.0 Å². The molecule has 0 aliphatic rings. The van der Waals surface area contributed by atoms with E-state index in [4.69, 9.17) is 5.11 Å². The van der Waals surface area contributed by atoms with E-state index in [0.29, 0.717) is 0 Å². The number of carbonyl (C=O) groups excluding carboxylic acids is 1. The fourth-order valence-corrected chi connectivity index (χ4v) is 3.40. The fraction of sp³-hybridized carbons (Fsp3) is 0.417. The third-order valence-electron chi connectivity index (χ3n) is 2.41. The van der Waals surface area contributed by atoms with Crippen molar-refractivity contribution in [2.45, 2.75) is 25.2 Å². The molecule has 1 N–H and O–H groups in total. The fourth-order valence-electron chi connectivity index (χ4n) is 1.54. The Bertz CT molecular complexity index is 486. The molecular formula is C12H16O4S. The number of phenols is 1. The van der Waals surface area contributed by atoms with Gasteiger partial charge in [0, 0.05) is 6.42 Å². The summed E-state index contributed by atoms with van der Waals surface area (Å²) in [5, 5.41) is 9.10. The predicted octanol–water partition coefficient (Wildman–Crippen LogP) is 1.78. The van der Waals surface area contributed by atoms with Crippen LogP contribution in [-0.2, 0) is 14.6 Å². The van der Waals surface area contributed by atoms with Crippen LogP contribution in [0.5, 0.6) is 5.75 Å². The van der Waals surface area contributed by atoms with Gasteiger partial charge >= 0.3 is 0 Å². The van der Waals surface area contributed by atoms with Crippen LogP contribution in [0.3, 0.4) is 0 Å². The summed E-state index contributed by atoms with van der Waals surface area (Å²) in [4.78, 5) is 10.6. The molecule has 4 nitrogen and oxygen atoms in total. The summed E-state index contributed by atoms with van der Waals surface area (Å²) < 4.78 is 24.1. The second kappa shape index (κ2) is 4.87. The van der Waals surface area contributed by atoms with Gasteiger partial charge in [0.05, 0.1) is 10.6 Å². The molecule has 0 saturated heterocycles. The minimum absolute atomic E-state index is 0.0242. The van der Waals surface area contributed by atoms with Gasteiger partial charge in [-0.25, -0.2) is 8.42 Å². The molecule has 5 heteroatoms. The minimum atomic E-state index is -3.43. The monoisotopic (exact) mass is 256 g/mol. The molecule has 0 atom stereocenters. The van der Waals surface area contributed by atoms with Crippen LogP contribution in [0, 0.1) is 5.41 Å². The molecule has 17 heavy (non-hydrogen) atoms. The molecule has 0 spiro atoms. The molecule has 0 radical (unpaired) electrons. The lowest BCUT2D eigenvalue weighted by Crippen LogP contribution is -2.24. The normalized spacial score (nSPS) is 12.4. The molecule has 0 aromatic heterocycles. The van der Waals surface area contributed by atoms with Gasteiger partial charge in [0.2, 0.25) is 0 Å². The number of hydrogen-bond donors (Lipinski definition) is 1. The largest absolute Gasteiger partial charge is 0.508 e. The van der Waals surface area contributed by atoms with Crippen LogP contribution in [0.4, 0.5) is 0 Å². The van der Waals surface area contributed by atoms with E-state index in [-0.39, 0.29) is 22.8 Å². The maximum Gasteiger partial charge on any atom is 0.178 e. The lowest BCUT2D eigenvalue weighted by molar-refractivity contribution is -0.109. The second-order valence-corrected chi connectivity index (χ2v) is 6.78. The summed E-state index contributed by atoms with van der Waals surface area (Å²) in [5.74, 6) is -0.0696. The number of aromatic hydroxyl groups is 1. The zero-order valence-corrected chi connectivity index (χ0v) is 10.7. The first-order valence-corrected chi connectivity index (χ1v) is 6.87. The van der Waals surface area contributed by atoms with E-state index >= 15 is 0 Å². The Morgan fingerprint density at radius 2 is 1.76 bits per heavy atom. The first-order chi connectivity index (χ1) is 7.77. The number of hydrogen-bond acceptors (Lipinski definition) is 4. The van der Waals surface area contributed by atoms with Gasteiger partial charge in [-0.15, -0.1) is 0 Å². The lowest BCUT2D eigenvalue weighted by Gasteiger charge is -2.21. The Labute approximate surface area is 101 Å². The number of carbonyl (C=O) groups is 1. The van der Waals surface area contributed by atoms with Crippen molar-refractivity contribution in [2.75, 3.05) is 5.75 Å². The molecule has 94 valence electrons. The molecular weight excluding hydrogens is 240 g/mol. The SMILES string of the molecule is CC(C)(CC=O)CS(=O)(=O)c1ccc(O)cc1. The Morgan fingerprint density at radius 1 is 1.24 bits per heavy atom. The van der Waals surface area contributed by atoms with Gasteiger partial charge in [-0.05, 0) is 29.7 Å². The Kier molecular flexibility index (Phi) is 3.93. The Balaban J connectivity index is 2.96. The Hall–Kier alpha value is -1.36. The topological polar surface area (TPSA) is 71.4 Å². The molecule has 0 bridgehead atoms. The highest BCUT2D eigenvalue weighted by atomic mass is 32.2. The number of sulfone groups is 1. The number of benzene rings is 1. The van der Waals surface area contributed by atoms with Crippen LogP contribution < -0.4 is 0 Å². The molecule has 1 rings (SSSR count). The van der Waals surface area contributed by atoms with Gasteiger partial charge in [0.15, 0.2) is 9.84 Å². The van der Waals surface area contributed by atoms with Crippen molar-refractivity contribution in [2.24, 2.45) is 5.41 Å². The smallest absolute Gasteiger partial charge is 0.178 e. The second-order valence-electron chi connectivity index (χ2n) is 4.79. The Morgan fingerprint density at radius 3 is 2.24 bits per heavy atom. The highest BCUT2D eigenvalue weighted by molar-refractivity contribution is 7.91. The highest BCUT2D eigenvalue weighted by Gasteiger charge is 2.27. The van der Waals surface area contributed by atoms with Crippen molar-refractivity contribution in [1.82, 2.24) is 0 Å². The number of rotatable bonds is 5. The van der Waals surface area contributed by atoms with Crippen molar-refractivity contribution < 1.29 is 18.3 Å². The van der Waals surface area contributed by atoms with Crippen LogP contribution in [0.2, 0.25) is 0 Å². The summed E-state index contributed by atoms with van der Waals surface area (Å²) >= 11 is 0. The van der Waals surface area contributed by atoms with Gasteiger partial charge in [-0.2, -0.15) is 0 Å². The molecule has 0 aliphatic heterocycles. The average molecular weight is 256 g/mol. The summed E-state index contributed by atoms with van der Waals surface area (Å²) in [5.41, 5.74) is -0.585. The summed E-state index contributed by atoms with van der Waals surface area (Å²) in [6, 6.07) is 5.39. The zero-order chi connectivity index (χ0) is 13.1. The summed E-state index contributed by atoms with van der Waals surface area (Å²) in [6.07, 6.45) is 0.927. The van der Waals surface area contributed by atoms with Crippen molar-refractivity contribution in [3.63, 3.8) is 0 Å². The van der Waals surface area contributed by atoms with Crippen LogP contribution in [0.1, 0.15) is 20.3 Å². The average Bonchev–Trinajstić information content (AvgIpc) is 2.16. The van der Waals surface area contributed by atoms with Gasteiger partial charge < -0.3 is 9.90 Å². The quantitative estimate of drug-likeness (QED) is 0.815. The molecule has 1 aromatic carbocycles. The van der Waals surface area contributed by atoms with E-state index in [9.17, 15) is 13.2 Å². The zero-order valence-electron chi connectivity index (χ0n) is 9.88. The third kappa shape index (κ3) is 3.85. The van der Waals surface area contributed by atoms with Crippen molar-refractivity contribution >= 4 is 16.1 Å². The maximum absolute atomic E-state index is 12.0. The minimum Gasteiger partial charge on any atom is -0.508 e. The van der Waals surface area contributed by atoms with E-state index in [1.807, 2.05) is 0 Å². The summed E-state index contributed by atoms with van der Waals surface area (Å²) in [6.45, 7) is 3.47. The van der Waals surface area contributed by atoms with E-state index in [2.05, 4.69) is 0 Å². The van der Waals surface area contributed by atoms with Crippen LogP contribution in [0.25, 0.3) is 0 Å². The highest BCUT2D eigenvalue weighted by Crippen LogP contribution is 2.26. The number of aldehydes is 1. The van der Waals surface area contributed by atoms with Gasteiger partial charge in [-0.3, -0.25) is 0 Å². The molecule has 0 fully saturated rings. The first-order valence-electron chi connectivity index (χ1n) is 5.22. The third-order valence-corrected chi connectivity index (χ3v) is 4.56. The number of phenolic OH excluding ortho intramolecular Hbond substituents is 1. The molecule has 0 amide bonds. The van der Waals surface area contributed by atoms with E-state index in [1.165, 1.54) is 24.3 Å². The molecule has 0 heterocycles. The van der Waals surface area contributed by atoms with Crippen molar-refractivity contribution in [1.29, 1.82) is 0 Å². The van der Waals surface area contributed by atoms with Crippen LogP contribution in [-0.4, -0.2) is 25.6 Å². The van der Waals surface area contributed by atoms with E-state index in [1.54, 1.807) is 13.8 Å². The summed E-state index contributed by atoms with van der Waals surface area (Å²) in [7, 11) is -3.43.